The van der Waals surface area contributed by atoms with Gasteiger partial charge in [-0.25, -0.2) is 4.79 Å². The van der Waals surface area contributed by atoms with E-state index < -0.39 is 24.3 Å². The molecule has 0 fully saturated rings. The van der Waals surface area contributed by atoms with Crippen molar-refractivity contribution in [3.63, 3.8) is 0 Å². The Morgan fingerprint density at radius 3 is 2.58 bits per heavy atom. The molecule has 0 unspecified atom stereocenters. The molecule has 19 heavy (non-hydrogen) atoms. The van der Waals surface area contributed by atoms with E-state index in [0.717, 1.165) is 6.07 Å². The molecule has 0 aliphatic heterocycles. The van der Waals surface area contributed by atoms with E-state index in [4.69, 9.17) is 4.74 Å². The van der Waals surface area contributed by atoms with Gasteiger partial charge in [0.25, 0.3) is 0 Å². The second kappa shape index (κ2) is 6.79. The number of hydrogen-bond acceptors (Lipinski definition) is 3. The van der Waals surface area contributed by atoms with Gasteiger partial charge in [0.1, 0.15) is 5.75 Å². The van der Waals surface area contributed by atoms with Gasteiger partial charge < -0.3 is 9.47 Å². The van der Waals surface area contributed by atoms with Crippen molar-refractivity contribution in [3.8, 4) is 5.75 Å². The van der Waals surface area contributed by atoms with Gasteiger partial charge in [-0.1, -0.05) is 22.0 Å². The number of halogens is 4. The van der Waals surface area contributed by atoms with E-state index in [2.05, 4.69) is 20.7 Å². The molecule has 0 aliphatic rings. The van der Waals surface area contributed by atoms with Crippen molar-refractivity contribution in [2.24, 2.45) is 0 Å². The van der Waals surface area contributed by atoms with Crippen molar-refractivity contribution in [3.05, 3.63) is 29.3 Å². The fourth-order valence-electron chi connectivity index (χ4n) is 1.35. The van der Waals surface area contributed by atoms with Gasteiger partial charge in [-0.3, -0.25) is 0 Å². The lowest BCUT2D eigenvalue weighted by Gasteiger charge is -2.14. The largest absolute Gasteiger partial charge is 0.481 e. The number of esters is 1. The molecule has 1 aromatic rings. The first-order chi connectivity index (χ1) is 8.88. The highest BCUT2D eigenvalue weighted by molar-refractivity contribution is 9.08. The van der Waals surface area contributed by atoms with Crippen molar-refractivity contribution in [1.29, 1.82) is 0 Å². The van der Waals surface area contributed by atoms with E-state index in [1.807, 2.05) is 0 Å². The summed E-state index contributed by atoms with van der Waals surface area (Å²) in [5.74, 6) is -1.09. The van der Waals surface area contributed by atoms with Crippen LogP contribution in [-0.2, 0) is 21.0 Å². The minimum absolute atomic E-state index is 0.150. The van der Waals surface area contributed by atoms with E-state index in [9.17, 15) is 18.0 Å². The van der Waals surface area contributed by atoms with Crippen molar-refractivity contribution in [2.45, 2.75) is 18.4 Å². The smallest absolute Gasteiger partial charge is 0.419 e. The van der Waals surface area contributed by atoms with E-state index in [0.29, 0.717) is 10.9 Å². The van der Waals surface area contributed by atoms with Crippen LogP contribution in [0.5, 0.6) is 5.75 Å². The zero-order valence-electron chi connectivity index (χ0n) is 10.1. The molecule has 0 atom stereocenters. The third-order valence-electron chi connectivity index (χ3n) is 2.15. The van der Waals surface area contributed by atoms with Crippen LogP contribution in [0.3, 0.4) is 0 Å². The summed E-state index contributed by atoms with van der Waals surface area (Å²) in [6.45, 7) is 1.20. The number of carbonyl (C=O) groups excluding carboxylic acids is 1. The van der Waals surface area contributed by atoms with Crippen LogP contribution in [0.2, 0.25) is 0 Å². The van der Waals surface area contributed by atoms with Gasteiger partial charge in [0.15, 0.2) is 6.61 Å². The predicted molar refractivity (Wildman–Crippen MR) is 66.2 cm³/mol. The highest BCUT2D eigenvalue weighted by Crippen LogP contribution is 2.37. The zero-order chi connectivity index (χ0) is 14.5. The Bertz CT molecular complexity index is 446. The number of hydrogen-bond donors (Lipinski definition) is 0. The summed E-state index contributed by atoms with van der Waals surface area (Å²) in [5.41, 5.74) is -0.440. The lowest BCUT2D eigenvalue weighted by molar-refractivity contribution is -0.147. The molecule has 0 spiro atoms. The first-order valence-electron chi connectivity index (χ1n) is 5.43. The molecule has 3 nitrogen and oxygen atoms in total. The van der Waals surface area contributed by atoms with Crippen LogP contribution >= 0.6 is 15.9 Å². The van der Waals surface area contributed by atoms with Gasteiger partial charge in [0.05, 0.1) is 12.2 Å². The van der Waals surface area contributed by atoms with Crippen LogP contribution in [-0.4, -0.2) is 19.2 Å². The number of rotatable bonds is 5. The highest BCUT2D eigenvalue weighted by atomic mass is 79.9. The first-order valence-corrected chi connectivity index (χ1v) is 6.55. The molecular formula is C12H12BrF3O3. The maximum absolute atomic E-state index is 12.8. The van der Waals surface area contributed by atoms with Crippen LogP contribution in [0.1, 0.15) is 18.1 Å². The summed E-state index contributed by atoms with van der Waals surface area (Å²) >= 11 is 3.08. The Balaban J connectivity index is 2.91. The molecule has 0 saturated carbocycles. The first kappa shape index (κ1) is 15.8. The minimum Gasteiger partial charge on any atom is -0.481 e. The Kier molecular flexibility index (Phi) is 5.65. The summed E-state index contributed by atoms with van der Waals surface area (Å²) in [6, 6.07) is 3.67. The van der Waals surface area contributed by atoms with Crippen molar-refractivity contribution < 1.29 is 27.4 Å². The molecule has 0 amide bonds. The summed E-state index contributed by atoms with van der Waals surface area (Å²) in [6.07, 6.45) is -4.54. The quantitative estimate of drug-likeness (QED) is 0.607. The SMILES string of the molecule is CCOC(=O)COc1ccc(CBr)cc1C(F)(F)F. The van der Waals surface area contributed by atoms with E-state index >= 15 is 0 Å². The molecule has 1 aromatic carbocycles. The standard InChI is InChI=1S/C12H12BrF3O3/c1-2-18-11(17)7-19-10-4-3-8(6-13)5-9(10)12(14,15)16/h3-5H,2,6-7H2,1H3. The number of benzene rings is 1. The van der Waals surface area contributed by atoms with Crippen LogP contribution in [0.15, 0.2) is 18.2 Å². The van der Waals surface area contributed by atoms with Crippen molar-refractivity contribution >= 4 is 21.9 Å². The van der Waals surface area contributed by atoms with Crippen LogP contribution in [0.25, 0.3) is 0 Å². The molecular weight excluding hydrogens is 329 g/mol. The predicted octanol–water partition coefficient (Wildman–Crippen LogP) is 3.54. The molecule has 0 bridgehead atoms. The Morgan fingerprint density at radius 2 is 2.05 bits per heavy atom. The second-order valence-corrected chi connectivity index (χ2v) is 4.12. The fraction of sp³-hybridized carbons (Fsp3) is 0.417. The molecule has 106 valence electrons. The Hall–Kier alpha value is -1.24. The zero-order valence-corrected chi connectivity index (χ0v) is 11.7. The maximum atomic E-state index is 12.8. The van der Waals surface area contributed by atoms with Crippen molar-refractivity contribution in [2.75, 3.05) is 13.2 Å². The average Bonchev–Trinajstić information content (AvgIpc) is 2.35. The van der Waals surface area contributed by atoms with Gasteiger partial charge in [-0.15, -0.1) is 0 Å². The summed E-state index contributed by atoms with van der Waals surface area (Å²) in [5, 5.41) is 0.300. The van der Waals surface area contributed by atoms with Crippen LogP contribution in [0.4, 0.5) is 13.2 Å². The van der Waals surface area contributed by atoms with Crippen LogP contribution < -0.4 is 4.74 Å². The van der Waals surface area contributed by atoms with Crippen molar-refractivity contribution in [1.82, 2.24) is 0 Å². The van der Waals surface area contributed by atoms with Gasteiger partial charge in [0, 0.05) is 5.33 Å². The molecule has 7 heteroatoms. The third kappa shape index (κ3) is 4.74. The van der Waals surface area contributed by atoms with E-state index in [-0.39, 0.29) is 12.4 Å². The minimum atomic E-state index is -4.54. The van der Waals surface area contributed by atoms with Gasteiger partial charge in [0.2, 0.25) is 0 Å². The summed E-state index contributed by atoms with van der Waals surface area (Å²) in [7, 11) is 0. The lowest BCUT2D eigenvalue weighted by Crippen LogP contribution is -2.17. The number of carbonyl (C=O) groups is 1. The summed E-state index contributed by atoms with van der Waals surface area (Å²) in [4.78, 5) is 11.1. The molecule has 0 heterocycles. The second-order valence-electron chi connectivity index (χ2n) is 3.56. The topological polar surface area (TPSA) is 35.5 Å². The molecule has 0 aromatic heterocycles. The van der Waals surface area contributed by atoms with Gasteiger partial charge in [-0.05, 0) is 24.6 Å². The molecule has 0 radical (unpaired) electrons. The van der Waals surface area contributed by atoms with E-state index in [1.54, 1.807) is 6.92 Å². The van der Waals surface area contributed by atoms with E-state index in [1.165, 1.54) is 12.1 Å². The monoisotopic (exact) mass is 340 g/mol. The molecule has 1 rings (SSSR count). The average molecular weight is 341 g/mol. The van der Waals surface area contributed by atoms with Gasteiger partial charge in [-0.2, -0.15) is 13.2 Å². The fourth-order valence-corrected chi connectivity index (χ4v) is 1.70. The third-order valence-corrected chi connectivity index (χ3v) is 2.80. The molecule has 0 saturated heterocycles. The Morgan fingerprint density at radius 1 is 1.37 bits per heavy atom. The molecule has 0 N–H and O–H groups in total. The summed E-state index contributed by atoms with van der Waals surface area (Å²) < 4.78 is 47.9. The normalized spacial score (nSPS) is 11.2. The molecule has 0 aliphatic carbocycles. The number of alkyl halides is 4. The highest BCUT2D eigenvalue weighted by Gasteiger charge is 2.34. The van der Waals surface area contributed by atoms with Gasteiger partial charge >= 0.3 is 12.1 Å². The maximum Gasteiger partial charge on any atom is 0.419 e. The lowest BCUT2D eigenvalue weighted by atomic mass is 10.1. The van der Waals surface area contributed by atoms with Crippen LogP contribution in [0, 0.1) is 0 Å². The Labute approximate surface area is 116 Å². The number of ether oxygens (including phenoxy) is 2.